The zero-order valence-corrected chi connectivity index (χ0v) is 22.4. The summed E-state index contributed by atoms with van der Waals surface area (Å²) >= 11 is 10.4. The van der Waals surface area contributed by atoms with Gasteiger partial charge in [0.1, 0.15) is 12.4 Å². The Hall–Kier alpha value is -3.31. The molecule has 2 aromatic carbocycles. The van der Waals surface area contributed by atoms with Crippen LogP contribution in [0.3, 0.4) is 0 Å². The lowest BCUT2D eigenvalue weighted by molar-refractivity contribution is -0.136. The van der Waals surface area contributed by atoms with E-state index in [-0.39, 0.29) is 23.6 Å². The Morgan fingerprint density at radius 2 is 1.78 bits per heavy atom. The van der Waals surface area contributed by atoms with Crippen LogP contribution in [-0.4, -0.2) is 21.5 Å². The fourth-order valence-electron chi connectivity index (χ4n) is 3.70. The van der Waals surface area contributed by atoms with Crippen LogP contribution in [0.25, 0.3) is 29.6 Å². The third-order valence-corrected chi connectivity index (χ3v) is 9.27. The summed E-state index contributed by atoms with van der Waals surface area (Å²) < 4.78 is 26.5. The number of fused-ring (bicyclic) bond motifs is 1. The van der Waals surface area contributed by atoms with Gasteiger partial charge in [-0.2, -0.15) is 4.37 Å². The summed E-state index contributed by atoms with van der Waals surface area (Å²) in [7, 11) is 0. The Bertz CT molecular complexity index is 1600. The van der Waals surface area contributed by atoms with Crippen LogP contribution in [0.1, 0.15) is 16.8 Å². The topological polar surface area (TPSA) is 88.5 Å². The number of ether oxygens (including phenoxy) is 1. The number of nitrogens with zero attached hydrogens (tertiary/aromatic N) is 1. The number of thiophene rings is 2. The van der Waals surface area contributed by atoms with Crippen LogP contribution in [-0.2, 0) is 22.6 Å². The number of carbonyl (C=O) groups excluding carboxylic acids is 1. The number of anilines is 1. The molecular weight excluding hydrogens is 555 g/mol. The van der Waals surface area contributed by atoms with E-state index in [1.54, 1.807) is 0 Å². The minimum Gasteiger partial charge on any atom is -0.481 e. The second-order valence-electron chi connectivity index (χ2n) is 8.10. The Labute approximate surface area is 228 Å². The number of hydrogen-bond acceptors (Lipinski definition) is 7. The lowest BCUT2D eigenvalue weighted by atomic mass is 10.1. The lowest BCUT2D eigenvalue weighted by Gasteiger charge is -2.08. The van der Waals surface area contributed by atoms with Crippen molar-refractivity contribution in [3.8, 4) is 20.2 Å². The largest absolute Gasteiger partial charge is 0.481 e. The second kappa shape index (κ2) is 10.6. The Balaban J connectivity index is 1.37. The van der Waals surface area contributed by atoms with Crippen molar-refractivity contribution in [2.75, 3.05) is 5.32 Å². The van der Waals surface area contributed by atoms with Crippen LogP contribution in [0.5, 0.6) is 0 Å². The summed E-state index contributed by atoms with van der Waals surface area (Å²) in [6.45, 7) is 1.98. The van der Waals surface area contributed by atoms with Gasteiger partial charge < -0.3 is 9.84 Å². The molecule has 0 aliphatic carbocycles. The minimum absolute atomic E-state index is 0.161. The first-order valence-corrected chi connectivity index (χ1v) is 13.7. The smallest absolute Gasteiger partial charge is 0.412 e. The van der Waals surface area contributed by atoms with Crippen LogP contribution in [0, 0.1) is 12.7 Å². The first kappa shape index (κ1) is 25.3. The van der Waals surface area contributed by atoms with Crippen LogP contribution >= 0.6 is 45.8 Å². The predicted octanol–water partition coefficient (Wildman–Crippen LogP) is 8.23. The van der Waals surface area contributed by atoms with Gasteiger partial charge in [0.25, 0.3) is 0 Å². The summed E-state index contributed by atoms with van der Waals surface area (Å²) in [5, 5.41) is 12.0. The molecule has 0 fully saturated rings. The van der Waals surface area contributed by atoms with Gasteiger partial charge in [0.05, 0.1) is 27.6 Å². The molecule has 1 amide bonds. The molecule has 0 bridgehead atoms. The summed E-state index contributed by atoms with van der Waals surface area (Å²) in [4.78, 5) is 25.9. The Morgan fingerprint density at radius 3 is 2.51 bits per heavy atom. The molecule has 3 heterocycles. The highest BCUT2D eigenvalue weighted by Crippen LogP contribution is 2.46. The second-order valence-corrected chi connectivity index (χ2v) is 11.5. The van der Waals surface area contributed by atoms with Gasteiger partial charge in [-0.25, -0.2) is 9.18 Å². The summed E-state index contributed by atoms with van der Waals surface area (Å²) in [6, 6.07) is 15.9. The third-order valence-electron chi connectivity index (χ3n) is 5.48. The number of aliphatic carboxylic acids is 1. The molecule has 0 saturated heterocycles. The number of carboxylic acids is 1. The predicted molar refractivity (Wildman–Crippen MR) is 148 cm³/mol. The number of aromatic nitrogens is 1. The van der Waals surface area contributed by atoms with Crippen molar-refractivity contribution in [3.63, 3.8) is 0 Å². The number of nitrogens with one attached hydrogen (secondary N) is 1. The van der Waals surface area contributed by atoms with E-state index < -0.39 is 17.9 Å². The molecule has 11 heteroatoms. The lowest BCUT2D eigenvalue weighted by Crippen LogP contribution is -2.14. The van der Waals surface area contributed by atoms with Crippen molar-refractivity contribution in [2.45, 2.75) is 20.0 Å². The normalized spacial score (nSPS) is 11.1. The van der Waals surface area contributed by atoms with Crippen molar-refractivity contribution in [3.05, 3.63) is 82.3 Å². The zero-order chi connectivity index (χ0) is 26.1. The van der Waals surface area contributed by atoms with Gasteiger partial charge in [-0.3, -0.25) is 10.1 Å². The average Bonchev–Trinajstić information content (AvgIpc) is 3.54. The van der Waals surface area contributed by atoms with Crippen molar-refractivity contribution in [1.82, 2.24) is 4.37 Å². The Morgan fingerprint density at radius 1 is 1.08 bits per heavy atom. The van der Waals surface area contributed by atoms with Crippen molar-refractivity contribution >= 4 is 73.0 Å². The molecule has 0 aliphatic heterocycles. The van der Waals surface area contributed by atoms with Crippen LogP contribution in [0.15, 0.2) is 54.6 Å². The standard InChI is InChI=1S/C26H18ClFN2O4S3/c1-13-24(29-26(33)34-12-14-5-3-2-4-6-14)25(37-30-13)22-11-21-20(36-22)10-19(35-21)16-9-17(27)15(7-18(16)28)8-23(31)32/h2-7,9-11H,8,12H2,1H3,(H,29,33)(H,31,32). The highest BCUT2D eigenvalue weighted by Gasteiger charge is 2.20. The van der Waals surface area contributed by atoms with Gasteiger partial charge in [-0.05, 0) is 53.8 Å². The maximum atomic E-state index is 14.8. The SMILES string of the molecule is Cc1nsc(-c2cc3sc(-c4cc(Cl)c(CC(=O)O)cc4F)cc3s2)c1NC(=O)OCc1ccccc1. The average molecular weight is 573 g/mol. The number of hydrogen-bond donors (Lipinski definition) is 2. The summed E-state index contributed by atoms with van der Waals surface area (Å²) in [5.74, 6) is -1.59. The highest BCUT2D eigenvalue weighted by molar-refractivity contribution is 7.32. The fourth-order valence-corrected chi connectivity index (χ4v) is 7.29. The molecule has 0 aliphatic rings. The molecule has 188 valence electrons. The molecule has 0 atom stereocenters. The van der Waals surface area contributed by atoms with Gasteiger partial charge in [-0.15, -0.1) is 22.7 Å². The van der Waals surface area contributed by atoms with Crippen molar-refractivity contribution < 1.29 is 23.8 Å². The monoisotopic (exact) mass is 572 g/mol. The molecule has 0 saturated carbocycles. The third kappa shape index (κ3) is 5.52. The van der Waals surface area contributed by atoms with Gasteiger partial charge in [0.15, 0.2) is 0 Å². The van der Waals surface area contributed by atoms with Gasteiger partial charge in [0.2, 0.25) is 0 Å². The van der Waals surface area contributed by atoms with E-state index >= 15 is 0 Å². The maximum Gasteiger partial charge on any atom is 0.412 e. The fraction of sp³-hybridized carbons (Fsp3) is 0.115. The van der Waals surface area contributed by atoms with E-state index in [1.165, 1.54) is 46.3 Å². The number of carbonyl (C=O) groups is 2. The zero-order valence-electron chi connectivity index (χ0n) is 19.2. The number of rotatable bonds is 7. The van der Waals surface area contributed by atoms with E-state index in [0.29, 0.717) is 21.8 Å². The molecule has 0 unspecified atom stereocenters. The number of halogens is 2. The van der Waals surface area contributed by atoms with Crippen molar-refractivity contribution in [1.29, 1.82) is 0 Å². The van der Waals surface area contributed by atoms with Crippen molar-refractivity contribution in [2.24, 2.45) is 0 Å². The number of carboxylic acid groups (broad SMARTS) is 1. The van der Waals surface area contributed by atoms with E-state index in [1.807, 2.05) is 49.4 Å². The molecule has 3 aromatic heterocycles. The Kier molecular flexibility index (Phi) is 7.25. The number of aryl methyl sites for hydroxylation is 1. The first-order chi connectivity index (χ1) is 17.8. The first-order valence-electron chi connectivity index (χ1n) is 11.0. The molecule has 6 nitrogen and oxygen atoms in total. The minimum atomic E-state index is -1.07. The quantitative estimate of drug-likeness (QED) is 0.205. The number of amides is 1. The number of benzene rings is 2. The molecule has 5 aromatic rings. The molecule has 37 heavy (non-hydrogen) atoms. The van der Waals surface area contributed by atoms with Gasteiger partial charge in [-0.1, -0.05) is 41.9 Å². The van der Waals surface area contributed by atoms with E-state index in [2.05, 4.69) is 9.69 Å². The van der Waals surface area contributed by atoms with Gasteiger partial charge >= 0.3 is 12.1 Å². The maximum absolute atomic E-state index is 14.8. The molecule has 0 spiro atoms. The van der Waals surface area contributed by atoms with Crippen LogP contribution < -0.4 is 5.32 Å². The van der Waals surface area contributed by atoms with Crippen LogP contribution in [0.2, 0.25) is 5.02 Å². The molecule has 5 rings (SSSR count). The highest BCUT2D eigenvalue weighted by atomic mass is 35.5. The summed E-state index contributed by atoms with van der Waals surface area (Å²) in [6.07, 6.45) is -0.906. The van der Waals surface area contributed by atoms with E-state index in [0.717, 1.165) is 24.7 Å². The molecule has 0 radical (unpaired) electrons. The summed E-state index contributed by atoms with van der Waals surface area (Å²) in [5.41, 5.74) is 2.74. The van der Waals surface area contributed by atoms with Crippen LogP contribution in [0.4, 0.5) is 14.9 Å². The van der Waals surface area contributed by atoms with E-state index in [4.69, 9.17) is 21.4 Å². The van der Waals surface area contributed by atoms with E-state index in [9.17, 15) is 14.0 Å². The molecule has 2 N–H and O–H groups in total. The van der Waals surface area contributed by atoms with Gasteiger partial charge in [0, 0.05) is 24.9 Å². The molecular formula is C26H18ClFN2O4S3.